The number of hydrogen-bond acceptors (Lipinski definition) is 3. The lowest BCUT2D eigenvalue weighted by molar-refractivity contribution is 0.200. The second kappa shape index (κ2) is 4.30. The van der Waals surface area contributed by atoms with Crippen LogP contribution >= 0.6 is 0 Å². The molecule has 90 valence electrons. The molecule has 1 unspecified atom stereocenters. The first-order chi connectivity index (χ1) is 8.02. The zero-order valence-corrected chi connectivity index (χ0v) is 9.99. The number of aryl methyl sites for hydroxylation is 1. The maximum Gasteiger partial charge on any atom is 0.130 e. The van der Waals surface area contributed by atoms with Gasteiger partial charge in [0.2, 0.25) is 0 Å². The molecule has 0 bridgehead atoms. The van der Waals surface area contributed by atoms with E-state index >= 15 is 0 Å². The minimum absolute atomic E-state index is 0.405. The van der Waals surface area contributed by atoms with Crippen molar-refractivity contribution in [3.05, 3.63) is 35.3 Å². The molecular formula is C13H14FNO2. The Labute approximate surface area is 98.9 Å². The summed E-state index contributed by atoms with van der Waals surface area (Å²) >= 11 is 0. The Balaban J connectivity index is 2.88. The van der Waals surface area contributed by atoms with E-state index in [1.165, 1.54) is 19.2 Å². The lowest BCUT2D eigenvalue weighted by atomic mass is 10.0. The highest BCUT2D eigenvalue weighted by Gasteiger charge is 2.14. The van der Waals surface area contributed by atoms with Crippen molar-refractivity contribution in [2.45, 2.75) is 20.0 Å². The Kier molecular flexibility index (Phi) is 2.98. The standard InChI is InChI=1S/C13H14FNO2/c1-7-4-12(17-3)11-6-9(14)5-10(8(2)16)13(11)15-7/h4-6,8,16H,1-3H3. The van der Waals surface area contributed by atoms with Gasteiger partial charge < -0.3 is 9.84 Å². The number of fused-ring (bicyclic) bond motifs is 1. The molecule has 2 aromatic rings. The number of aliphatic hydroxyl groups is 1. The molecule has 0 radical (unpaired) electrons. The summed E-state index contributed by atoms with van der Waals surface area (Å²) in [5.74, 6) is 0.159. The van der Waals surface area contributed by atoms with Crippen molar-refractivity contribution >= 4 is 10.9 Å². The predicted octanol–water partition coefficient (Wildman–Crippen LogP) is 2.74. The average molecular weight is 235 g/mol. The Hall–Kier alpha value is -1.68. The normalized spacial score (nSPS) is 12.8. The Morgan fingerprint density at radius 3 is 2.65 bits per heavy atom. The summed E-state index contributed by atoms with van der Waals surface area (Å²) in [6.07, 6.45) is -0.771. The van der Waals surface area contributed by atoms with Crippen LogP contribution in [0.15, 0.2) is 18.2 Å². The number of halogens is 1. The van der Waals surface area contributed by atoms with E-state index in [2.05, 4.69) is 4.98 Å². The number of aliphatic hydroxyl groups excluding tert-OH is 1. The number of hydrogen-bond donors (Lipinski definition) is 1. The molecule has 3 nitrogen and oxygen atoms in total. The first-order valence-corrected chi connectivity index (χ1v) is 5.35. The zero-order valence-electron chi connectivity index (χ0n) is 9.99. The van der Waals surface area contributed by atoms with Crippen LogP contribution in [-0.2, 0) is 0 Å². The van der Waals surface area contributed by atoms with Gasteiger partial charge in [-0.2, -0.15) is 0 Å². The van der Waals surface area contributed by atoms with Crippen molar-refractivity contribution in [2.75, 3.05) is 7.11 Å². The fourth-order valence-electron chi connectivity index (χ4n) is 1.90. The van der Waals surface area contributed by atoms with Crippen LogP contribution in [0.5, 0.6) is 5.75 Å². The van der Waals surface area contributed by atoms with Crippen LogP contribution in [0.3, 0.4) is 0 Å². The van der Waals surface area contributed by atoms with Crippen molar-refractivity contribution in [1.29, 1.82) is 0 Å². The minimum Gasteiger partial charge on any atom is -0.496 e. The molecule has 0 aliphatic rings. The number of rotatable bonds is 2. The Morgan fingerprint density at radius 2 is 2.06 bits per heavy atom. The van der Waals surface area contributed by atoms with E-state index in [4.69, 9.17) is 4.74 Å². The van der Waals surface area contributed by atoms with E-state index in [9.17, 15) is 9.50 Å². The molecule has 4 heteroatoms. The number of benzene rings is 1. The Morgan fingerprint density at radius 1 is 1.35 bits per heavy atom. The van der Waals surface area contributed by atoms with Gasteiger partial charge in [-0.25, -0.2) is 4.39 Å². The summed E-state index contributed by atoms with van der Waals surface area (Å²) in [5, 5.41) is 10.2. The fraction of sp³-hybridized carbons (Fsp3) is 0.308. The van der Waals surface area contributed by atoms with Gasteiger partial charge in [-0.05, 0) is 26.0 Å². The van der Waals surface area contributed by atoms with Crippen molar-refractivity contribution in [3.63, 3.8) is 0 Å². The summed E-state index contributed by atoms with van der Waals surface area (Å²) < 4.78 is 18.7. The molecule has 0 spiro atoms. The number of pyridine rings is 1. The summed E-state index contributed by atoms with van der Waals surface area (Å²) in [5.41, 5.74) is 1.82. The summed E-state index contributed by atoms with van der Waals surface area (Å²) in [7, 11) is 1.53. The van der Waals surface area contributed by atoms with E-state index in [0.29, 0.717) is 22.2 Å². The van der Waals surface area contributed by atoms with Crippen LogP contribution in [-0.4, -0.2) is 17.2 Å². The first-order valence-electron chi connectivity index (χ1n) is 5.35. The monoisotopic (exact) mass is 235 g/mol. The Bertz CT molecular complexity index is 567. The molecule has 1 N–H and O–H groups in total. The highest BCUT2D eigenvalue weighted by Crippen LogP contribution is 2.31. The third-order valence-corrected chi connectivity index (χ3v) is 2.67. The van der Waals surface area contributed by atoms with Crippen molar-refractivity contribution in [2.24, 2.45) is 0 Å². The van der Waals surface area contributed by atoms with Gasteiger partial charge in [0, 0.05) is 22.7 Å². The maximum absolute atomic E-state index is 13.5. The molecule has 1 aromatic heterocycles. The van der Waals surface area contributed by atoms with Crippen LogP contribution in [0.1, 0.15) is 24.3 Å². The molecule has 0 saturated carbocycles. The van der Waals surface area contributed by atoms with Crippen molar-refractivity contribution in [1.82, 2.24) is 4.98 Å². The molecule has 0 amide bonds. The SMILES string of the molecule is COc1cc(C)nc2c(C(C)O)cc(F)cc12. The van der Waals surface area contributed by atoms with Gasteiger partial charge in [0.25, 0.3) is 0 Å². The molecule has 0 aliphatic carbocycles. The van der Waals surface area contributed by atoms with Gasteiger partial charge in [-0.1, -0.05) is 0 Å². The van der Waals surface area contributed by atoms with Gasteiger partial charge in [0.05, 0.1) is 18.7 Å². The van der Waals surface area contributed by atoms with E-state index in [1.807, 2.05) is 6.92 Å². The molecule has 0 fully saturated rings. The topological polar surface area (TPSA) is 42.4 Å². The maximum atomic E-state index is 13.5. The quantitative estimate of drug-likeness (QED) is 0.870. The zero-order chi connectivity index (χ0) is 12.6. The number of aromatic nitrogens is 1. The number of ether oxygens (including phenoxy) is 1. The van der Waals surface area contributed by atoms with Gasteiger partial charge in [0.15, 0.2) is 0 Å². The van der Waals surface area contributed by atoms with E-state index in [-0.39, 0.29) is 0 Å². The second-order valence-electron chi connectivity index (χ2n) is 4.03. The molecular weight excluding hydrogens is 221 g/mol. The van der Waals surface area contributed by atoms with E-state index in [1.54, 1.807) is 13.0 Å². The lowest BCUT2D eigenvalue weighted by Gasteiger charge is -2.12. The van der Waals surface area contributed by atoms with Gasteiger partial charge in [0.1, 0.15) is 11.6 Å². The third-order valence-electron chi connectivity index (χ3n) is 2.67. The largest absolute Gasteiger partial charge is 0.496 e. The molecule has 2 rings (SSSR count). The third kappa shape index (κ3) is 2.08. The molecule has 1 aromatic carbocycles. The van der Waals surface area contributed by atoms with Crippen molar-refractivity contribution in [3.8, 4) is 5.75 Å². The number of nitrogens with zero attached hydrogens (tertiary/aromatic N) is 1. The second-order valence-corrected chi connectivity index (χ2v) is 4.03. The minimum atomic E-state index is -0.771. The molecule has 1 heterocycles. The predicted molar refractivity (Wildman–Crippen MR) is 63.6 cm³/mol. The fourth-order valence-corrected chi connectivity index (χ4v) is 1.90. The molecule has 0 saturated heterocycles. The summed E-state index contributed by atoms with van der Waals surface area (Å²) in [4.78, 5) is 4.34. The first kappa shape index (κ1) is 11.8. The van der Waals surface area contributed by atoms with E-state index < -0.39 is 11.9 Å². The van der Waals surface area contributed by atoms with Crippen LogP contribution in [0.25, 0.3) is 10.9 Å². The average Bonchev–Trinajstić information content (AvgIpc) is 2.27. The van der Waals surface area contributed by atoms with Gasteiger partial charge in [-0.15, -0.1) is 0 Å². The van der Waals surface area contributed by atoms with Crippen molar-refractivity contribution < 1.29 is 14.2 Å². The smallest absolute Gasteiger partial charge is 0.130 e. The molecule has 17 heavy (non-hydrogen) atoms. The highest BCUT2D eigenvalue weighted by atomic mass is 19.1. The van der Waals surface area contributed by atoms with Crippen LogP contribution < -0.4 is 4.74 Å². The van der Waals surface area contributed by atoms with E-state index in [0.717, 1.165) is 5.69 Å². The van der Waals surface area contributed by atoms with Crippen LogP contribution in [0.2, 0.25) is 0 Å². The lowest BCUT2D eigenvalue weighted by Crippen LogP contribution is -1.99. The summed E-state index contributed by atoms with van der Waals surface area (Å²) in [6, 6.07) is 4.42. The number of methoxy groups -OCH3 is 1. The van der Waals surface area contributed by atoms with Gasteiger partial charge in [-0.3, -0.25) is 4.98 Å². The molecule has 1 atom stereocenters. The van der Waals surface area contributed by atoms with Gasteiger partial charge >= 0.3 is 0 Å². The van der Waals surface area contributed by atoms with Crippen LogP contribution in [0.4, 0.5) is 4.39 Å². The summed E-state index contributed by atoms with van der Waals surface area (Å²) in [6.45, 7) is 3.42. The highest BCUT2D eigenvalue weighted by molar-refractivity contribution is 5.88. The van der Waals surface area contributed by atoms with Crippen LogP contribution in [0, 0.1) is 12.7 Å². The molecule has 0 aliphatic heterocycles.